The Morgan fingerprint density at radius 3 is 2.58 bits per heavy atom. The molecule has 8 nitrogen and oxygen atoms in total. The Labute approximate surface area is 158 Å². The number of hydrogen-bond donors (Lipinski definition) is 2. The molecule has 0 unspecified atom stereocenters. The first-order chi connectivity index (χ1) is 12.4. The van der Waals surface area contributed by atoms with Crippen molar-refractivity contribution in [3.05, 3.63) is 27.9 Å². The Bertz CT molecular complexity index is 762. The van der Waals surface area contributed by atoms with Gasteiger partial charge in [0, 0.05) is 11.0 Å². The number of nitrogens with zero attached hydrogens (tertiary/aromatic N) is 1. The molecule has 1 aliphatic rings. The highest BCUT2D eigenvalue weighted by Crippen LogP contribution is 2.35. The Hall–Kier alpha value is -2.55. The molecule has 3 amide bonds. The lowest BCUT2D eigenvalue weighted by molar-refractivity contribution is -0.139. The van der Waals surface area contributed by atoms with Crippen molar-refractivity contribution in [2.45, 2.75) is 20.3 Å². The molecule has 0 aromatic heterocycles. The number of amides is 3. The average molecular weight is 427 g/mol. The van der Waals surface area contributed by atoms with Crippen molar-refractivity contribution in [2.75, 3.05) is 19.8 Å². The number of nitrogens with one attached hydrogen (secondary N) is 1. The van der Waals surface area contributed by atoms with Crippen LogP contribution in [0.5, 0.6) is 11.5 Å². The molecule has 26 heavy (non-hydrogen) atoms. The van der Waals surface area contributed by atoms with Crippen molar-refractivity contribution in [3.8, 4) is 11.5 Å². The van der Waals surface area contributed by atoms with E-state index in [9.17, 15) is 14.4 Å². The van der Waals surface area contributed by atoms with Gasteiger partial charge in [0.25, 0.3) is 5.91 Å². The summed E-state index contributed by atoms with van der Waals surface area (Å²) in [6, 6.07) is 2.72. The summed E-state index contributed by atoms with van der Waals surface area (Å²) >= 11 is 3.36. The van der Waals surface area contributed by atoms with Crippen LogP contribution in [0.15, 0.2) is 22.3 Å². The van der Waals surface area contributed by atoms with E-state index >= 15 is 0 Å². The second-order valence-electron chi connectivity index (χ2n) is 5.38. The lowest BCUT2D eigenvalue weighted by atomic mass is 10.1. The summed E-state index contributed by atoms with van der Waals surface area (Å²) < 4.78 is 11.3. The van der Waals surface area contributed by atoms with Gasteiger partial charge in [-0.3, -0.25) is 9.69 Å². The standard InChI is InChI=1S/C17H19BrN2O6/c1-3-5-20-16(23)12(19-17(20)24)6-10-7-13(25-4-2)14(8-11(10)18)26-9-15(21)22/h6-8H,3-5,9H2,1-2H3,(H,19,24)(H,21,22)/b12-6+. The van der Waals surface area contributed by atoms with Crippen molar-refractivity contribution < 1.29 is 29.0 Å². The van der Waals surface area contributed by atoms with Gasteiger partial charge in [0.05, 0.1) is 6.61 Å². The summed E-state index contributed by atoms with van der Waals surface area (Å²) in [6.45, 7) is 3.84. The number of aliphatic carboxylic acids is 1. The molecule has 1 aliphatic heterocycles. The number of hydrogen-bond acceptors (Lipinski definition) is 5. The van der Waals surface area contributed by atoms with Gasteiger partial charge in [-0.25, -0.2) is 9.59 Å². The van der Waals surface area contributed by atoms with E-state index in [4.69, 9.17) is 14.6 Å². The zero-order valence-electron chi connectivity index (χ0n) is 14.4. The van der Waals surface area contributed by atoms with Gasteiger partial charge in [-0.05, 0) is 37.1 Å². The molecule has 0 aliphatic carbocycles. The SMILES string of the molecule is CCCN1C(=O)N/C(=C/c2cc(OCC)c(OCC(=O)O)cc2Br)C1=O. The maximum atomic E-state index is 12.3. The highest BCUT2D eigenvalue weighted by molar-refractivity contribution is 9.10. The molecule has 140 valence electrons. The molecule has 1 saturated heterocycles. The van der Waals surface area contributed by atoms with E-state index in [2.05, 4.69) is 21.2 Å². The minimum atomic E-state index is -1.11. The van der Waals surface area contributed by atoms with Gasteiger partial charge < -0.3 is 19.9 Å². The topological polar surface area (TPSA) is 105 Å². The van der Waals surface area contributed by atoms with Crippen LogP contribution in [-0.2, 0) is 9.59 Å². The molecule has 1 aromatic carbocycles. The predicted molar refractivity (Wildman–Crippen MR) is 97.0 cm³/mol. The van der Waals surface area contributed by atoms with E-state index < -0.39 is 24.5 Å². The maximum absolute atomic E-state index is 12.3. The van der Waals surface area contributed by atoms with Crippen molar-refractivity contribution in [3.63, 3.8) is 0 Å². The fourth-order valence-corrected chi connectivity index (χ4v) is 2.77. The van der Waals surface area contributed by atoms with Gasteiger partial charge in [0.15, 0.2) is 18.1 Å². The van der Waals surface area contributed by atoms with Crippen LogP contribution in [0.25, 0.3) is 6.08 Å². The monoisotopic (exact) mass is 426 g/mol. The zero-order valence-corrected chi connectivity index (χ0v) is 16.0. The third-order valence-electron chi connectivity index (χ3n) is 3.42. The second-order valence-corrected chi connectivity index (χ2v) is 6.24. The molecule has 0 saturated carbocycles. The Morgan fingerprint density at radius 1 is 1.27 bits per heavy atom. The summed E-state index contributed by atoms with van der Waals surface area (Å²) in [4.78, 5) is 36.0. The number of halogens is 1. The van der Waals surface area contributed by atoms with Gasteiger partial charge >= 0.3 is 12.0 Å². The summed E-state index contributed by atoms with van der Waals surface area (Å²) in [5.74, 6) is -0.901. The maximum Gasteiger partial charge on any atom is 0.341 e. The number of benzene rings is 1. The normalized spacial score (nSPS) is 15.3. The Kier molecular flexibility index (Phi) is 6.62. The van der Waals surface area contributed by atoms with Crippen molar-refractivity contribution in [1.82, 2.24) is 10.2 Å². The van der Waals surface area contributed by atoms with Crippen LogP contribution < -0.4 is 14.8 Å². The molecule has 1 fully saturated rings. The van der Waals surface area contributed by atoms with E-state index in [1.807, 2.05) is 6.92 Å². The summed E-state index contributed by atoms with van der Waals surface area (Å²) in [6.07, 6.45) is 2.20. The molecule has 2 N–H and O–H groups in total. The molecule has 2 rings (SSSR count). The van der Waals surface area contributed by atoms with Crippen molar-refractivity contribution in [1.29, 1.82) is 0 Å². The molecule has 0 spiro atoms. The first kappa shape index (κ1) is 19.8. The first-order valence-electron chi connectivity index (χ1n) is 8.02. The molecular weight excluding hydrogens is 408 g/mol. The van der Waals surface area contributed by atoms with Crippen molar-refractivity contribution in [2.24, 2.45) is 0 Å². The van der Waals surface area contributed by atoms with Crippen LogP contribution in [0.2, 0.25) is 0 Å². The third-order valence-corrected chi connectivity index (χ3v) is 4.11. The number of urea groups is 1. The van der Waals surface area contributed by atoms with E-state index in [-0.39, 0.29) is 11.4 Å². The fraction of sp³-hybridized carbons (Fsp3) is 0.353. The Morgan fingerprint density at radius 2 is 1.96 bits per heavy atom. The molecule has 9 heteroatoms. The van der Waals surface area contributed by atoms with Gasteiger partial charge in [0.2, 0.25) is 0 Å². The second kappa shape index (κ2) is 8.70. The smallest absolute Gasteiger partial charge is 0.341 e. The minimum Gasteiger partial charge on any atom is -0.490 e. The molecule has 1 aromatic rings. The summed E-state index contributed by atoms with van der Waals surface area (Å²) in [5, 5.41) is 11.3. The van der Waals surface area contributed by atoms with E-state index in [1.165, 1.54) is 6.08 Å². The number of ether oxygens (including phenoxy) is 2. The number of carbonyl (C=O) groups is 3. The highest BCUT2D eigenvalue weighted by atomic mass is 79.9. The first-order valence-corrected chi connectivity index (χ1v) is 8.82. The number of carbonyl (C=O) groups excluding carboxylic acids is 2. The van der Waals surface area contributed by atoms with Crippen LogP contribution in [0.3, 0.4) is 0 Å². The Balaban J connectivity index is 2.34. The molecule has 1 heterocycles. The molecule has 0 atom stereocenters. The van der Waals surface area contributed by atoms with E-state index in [0.29, 0.717) is 35.4 Å². The van der Waals surface area contributed by atoms with Crippen LogP contribution in [-0.4, -0.2) is 47.7 Å². The predicted octanol–water partition coefficient (Wildman–Crippen LogP) is 2.61. The zero-order chi connectivity index (χ0) is 19.3. The molecular formula is C17H19BrN2O6. The largest absolute Gasteiger partial charge is 0.490 e. The molecule has 0 bridgehead atoms. The quantitative estimate of drug-likeness (QED) is 0.488. The van der Waals surface area contributed by atoms with Crippen LogP contribution in [0.4, 0.5) is 4.79 Å². The number of imide groups is 1. The van der Waals surface area contributed by atoms with Gasteiger partial charge in [-0.2, -0.15) is 0 Å². The lowest BCUT2D eigenvalue weighted by Crippen LogP contribution is -2.31. The number of carboxylic acid groups (broad SMARTS) is 1. The highest BCUT2D eigenvalue weighted by Gasteiger charge is 2.32. The van der Waals surface area contributed by atoms with Gasteiger partial charge in [0.1, 0.15) is 5.70 Å². The fourth-order valence-electron chi connectivity index (χ4n) is 2.34. The van der Waals surface area contributed by atoms with Crippen LogP contribution in [0.1, 0.15) is 25.8 Å². The van der Waals surface area contributed by atoms with Crippen LogP contribution in [0, 0.1) is 0 Å². The third kappa shape index (κ3) is 4.54. The average Bonchev–Trinajstić information content (AvgIpc) is 2.84. The van der Waals surface area contributed by atoms with Crippen LogP contribution >= 0.6 is 15.9 Å². The lowest BCUT2D eigenvalue weighted by Gasteiger charge is -2.13. The van der Waals surface area contributed by atoms with E-state index in [0.717, 1.165) is 4.90 Å². The van der Waals surface area contributed by atoms with Crippen molar-refractivity contribution >= 4 is 39.9 Å². The van der Waals surface area contributed by atoms with E-state index in [1.54, 1.807) is 19.1 Å². The number of rotatable bonds is 8. The molecule has 0 radical (unpaired) electrons. The summed E-state index contributed by atoms with van der Waals surface area (Å²) in [7, 11) is 0. The van der Waals surface area contributed by atoms with Gasteiger partial charge in [-0.1, -0.05) is 22.9 Å². The summed E-state index contributed by atoms with van der Waals surface area (Å²) in [5.41, 5.74) is 0.740. The minimum absolute atomic E-state index is 0.158. The number of carboxylic acids is 1. The van der Waals surface area contributed by atoms with Gasteiger partial charge in [-0.15, -0.1) is 0 Å².